The van der Waals surface area contributed by atoms with Crippen LogP contribution in [0.3, 0.4) is 0 Å². The summed E-state index contributed by atoms with van der Waals surface area (Å²) < 4.78 is 7.28. The average molecular weight is 528 g/mol. The maximum Gasteiger partial charge on any atom is 0.408 e. The lowest BCUT2D eigenvalue weighted by molar-refractivity contribution is -0.0892. The molecule has 1 aromatic carbocycles. The van der Waals surface area contributed by atoms with E-state index >= 15 is 0 Å². The highest BCUT2D eigenvalue weighted by Crippen LogP contribution is 2.49. The van der Waals surface area contributed by atoms with Crippen molar-refractivity contribution in [3.05, 3.63) is 71.9 Å². The molecule has 4 heterocycles. The van der Waals surface area contributed by atoms with E-state index in [-0.39, 0.29) is 0 Å². The zero-order valence-electron chi connectivity index (χ0n) is 21.7. The smallest absolute Gasteiger partial charge is 0.408 e. The predicted molar refractivity (Wildman–Crippen MR) is 148 cm³/mol. The van der Waals surface area contributed by atoms with Crippen molar-refractivity contribution in [3.63, 3.8) is 0 Å². The number of alkyl carbamates (subject to hydrolysis) is 1. The molecule has 8 nitrogen and oxygen atoms in total. The lowest BCUT2D eigenvalue weighted by atomic mass is 9.62. The van der Waals surface area contributed by atoms with Gasteiger partial charge >= 0.3 is 6.09 Å². The van der Waals surface area contributed by atoms with Crippen LogP contribution in [0.15, 0.2) is 66.3 Å². The molecular formula is C29H29N5O3S. The molecule has 0 saturated heterocycles. The first-order valence-electron chi connectivity index (χ1n) is 12.5. The average Bonchev–Trinajstić information content (AvgIpc) is 3.53. The summed E-state index contributed by atoms with van der Waals surface area (Å²) in [5, 5.41) is 21.0. The highest BCUT2D eigenvalue weighted by atomic mass is 32.1. The minimum Gasteiger partial charge on any atom is -0.444 e. The summed E-state index contributed by atoms with van der Waals surface area (Å²) in [5.41, 5.74) is 3.00. The number of amides is 1. The Kier molecular flexibility index (Phi) is 5.55. The van der Waals surface area contributed by atoms with Crippen molar-refractivity contribution >= 4 is 34.1 Å². The Bertz CT molecular complexity index is 1640. The number of ether oxygens (including phenoxy) is 1. The normalized spacial score (nSPS) is 21.4. The van der Waals surface area contributed by atoms with E-state index in [0.29, 0.717) is 12.8 Å². The van der Waals surface area contributed by atoms with E-state index in [4.69, 9.17) is 9.72 Å². The first-order valence-corrected chi connectivity index (χ1v) is 13.4. The van der Waals surface area contributed by atoms with Crippen LogP contribution in [0.2, 0.25) is 0 Å². The predicted octanol–water partition coefficient (Wildman–Crippen LogP) is 5.94. The van der Waals surface area contributed by atoms with E-state index in [1.54, 1.807) is 29.0 Å². The van der Waals surface area contributed by atoms with Gasteiger partial charge in [0.25, 0.3) is 0 Å². The van der Waals surface area contributed by atoms with Crippen LogP contribution in [0.1, 0.15) is 46.1 Å². The first kappa shape index (κ1) is 24.5. The summed E-state index contributed by atoms with van der Waals surface area (Å²) in [6.45, 7) is 7.28. The summed E-state index contributed by atoms with van der Waals surface area (Å²) >= 11 is 1.66. The van der Waals surface area contributed by atoms with Gasteiger partial charge in [0.2, 0.25) is 0 Å². The van der Waals surface area contributed by atoms with Crippen molar-refractivity contribution in [1.82, 2.24) is 24.9 Å². The van der Waals surface area contributed by atoms with E-state index in [0.717, 1.165) is 43.9 Å². The third-order valence-electron chi connectivity index (χ3n) is 6.79. The molecular weight excluding hydrogens is 498 g/mol. The number of nitrogens with zero attached hydrogens (tertiary/aromatic N) is 4. The summed E-state index contributed by atoms with van der Waals surface area (Å²) in [7, 11) is 0. The van der Waals surface area contributed by atoms with Crippen LogP contribution in [0.5, 0.6) is 0 Å². The summed E-state index contributed by atoms with van der Waals surface area (Å²) in [5.74, 6) is 0. The fourth-order valence-corrected chi connectivity index (χ4v) is 6.12. The molecule has 1 saturated carbocycles. The number of aliphatic hydroxyl groups is 1. The Morgan fingerprint density at radius 2 is 1.92 bits per heavy atom. The fraction of sp³-hybridized carbons (Fsp3) is 0.310. The van der Waals surface area contributed by atoms with Gasteiger partial charge in [0.15, 0.2) is 11.3 Å². The lowest BCUT2D eigenvalue weighted by Crippen LogP contribution is -2.62. The molecule has 0 atom stereocenters. The number of carbonyl (C=O) groups is 1. The summed E-state index contributed by atoms with van der Waals surface area (Å²) in [6, 6.07) is 16.1. The molecule has 9 heteroatoms. The number of hydrogen-bond acceptors (Lipinski definition) is 7. The number of thiophene rings is 1. The van der Waals surface area contributed by atoms with Crippen LogP contribution in [0.25, 0.3) is 38.4 Å². The number of rotatable bonds is 4. The van der Waals surface area contributed by atoms with Crippen LogP contribution >= 0.6 is 11.3 Å². The summed E-state index contributed by atoms with van der Waals surface area (Å²) in [4.78, 5) is 23.4. The number of aromatic nitrogens is 4. The van der Waals surface area contributed by atoms with E-state index < -0.39 is 22.8 Å². The molecule has 0 bridgehead atoms. The van der Waals surface area contributed by atoms with Crippen LogP contribution in [-0.2, 0) is 10.3 Å². The minimum absolute atomic E-state index is 0.400. The number of carbonyl (C=O) groups excluding carboxylic acids is 1. The van der Waals surface area contributed by atoms with Crippen LogP contribution in [-0.4, -0.2) is 42.0 Å². The molecule has 0 spiro atoms. The number of hydrogen-bond donors (Lipinski definition) is 2. The Labute approximate surface area is 224 Å². The second-order valence-corrected chi connectivity index (χ2v) is 12.2. The van der Waals surface area contributed by atoms with E-state index in [1.165, 1.54) is 0 Å². The highest BCUT2D eigenvalue weighted by molar-refractivity contribution is 7.13. The van der Waals surface area contributed by atoms with Crippen LogP contribution in [0.4, 0.5) is 4.79 Å². The van der Waals surface area contributed by atoms with Gasteiger partial charge in [-0.15, -0.1) is 11.3 Å². The highest BCUT2D eigenvalue weighted by Gasteiger charge is 2.53. The number of benzene rings is 1. The first-order chi connectivity index (χ1) is 18.0. The van der Waals surface area contributed by atoms with Gasteiger partial charge in [0.1, 0.15) is 5.60 Å². The van der Waals surface area contributed by atoms with Crippen molar-refractivity contribution in [3.8, 4) is 21.7 Å². The molecule has 5 aromatic rings. The third kappa shape index (κ3) is 4.41. The van der Waals surface area contributed by atoms with Crippen molar-refractivity contribution in [2.75, 3.05) is 0 Å². The quantitative estimate of drug-likeness (QED) is 0.300. The van der Waals surface area contributed by atoms with E-state index in [9.17, 15) is 9.90 Å². The minimum atomic E-state index is -0.858. The molecule has 194 valence electrons. The van der Waals surface area contributed by atoms with Crippen molar-refractivity contribution in [1.29, 1.82) is 0 Å². The Hall–Kier alpha value is -3.82. The van der Waals surface area contributed by atoms with Crippen LogP contribution in [0, 0.1) is 0 Å². The lowest BCUT2D eigenvalue weighted by Gasteiger charge is -2.52. The SMILES string of the molecule is CC(C)(C)OC(=O)N[C@]1(c2ccc(-c3nc4c(cnc5ccnn54)cc3-c3cccs3)cc2)C[C@@](C)(O)C1. The van der Waals surface area contributed by atoms with Crippen molar-refractivity contribution < 1.29 is 14.6 Å². The Morgan fingerprint density at radius 3 is 2.58 bits per heavy atom. The number of fused-ring (bicyclic) bond motifs is 3. The van der Waals surface area contributed by atoms with Gasteiger partial charge in [-0.25, -0.2) is 14.8 Å². The molecule has 0 radical (unpaired) electrons. The van der Waals surface area contributed by atoms with Gasteiger partial charge in [-0.3, -0.25) is 0 Å². The molecule has 1 aliphatic carbocycles. The van der Waals surface area contributed by atoms with Crippen LogP contribution < -0.4 is 5.32 Å². The molecule has 0 unspecified atom stereocenters. The zero-order valence-corrected chi connectivity index (χ0v) is 22.5. The monoisotopic (exact) mass is 527 g/mol. The number of pyridine rings is 1. The topological polar surface area (TPSA) is 102 Å². The van der Waals surface area contributed by atoms with Gasteiger partial charge in [0.05, 0.1) is 23.0 Å². The van der Waals surface area contributed by atoms with Gasteiger partial charge < -0.3 is 15.2 Å². The van der Waals surface area contributed by atoms with Gasteiger partial charge in [-0.05, 0) is 50.8 Å². The second kappa shape index (κ2) is 8.61. The second-order valence-electron chi connectivity index (χ2n) is 11.3. The van der Waals surface area contributed by atoms with E-state index in [1.807, 2.05) is 63.4 Å². The van der Waals surface area contributed by atoms with Gasteiger partial charge in [0, 0.05) is 46.5 Å². The number of nitrogens with one attached hydrogen (secondary N) is 1. The molecule has 1 amide bonds. The molecule has 4 aromatic heterocycles. The summed E-state index contributed by atoms with van der Waals surface area (Å²) in [6.07, 6.45) is 3.85. The third-order valence-corrected chi connectivity index (χ3v) is 7.70. The van der Waals surface area contributed by atoms with Gasteiger partial charge in [-0.1, -0.05) is 30.3 Å². The fourth-order valence-electron chi connectivity index (χ4n) is 5.38. The molecule has 6 rings (SSSR count). The molecule has 1 aliphatic rings. The maximum absolute atomic E-state index is 12.7. The molecule has 2 N–H and O–H groups in total. The van der Waals surface area contributed by atoms with Gasteiger partial charge in [-0.2, -0.15) is 9.61 Å². The van der Waals surface area contributed by atoms with Crippen molar-refractivity contribution in [2.24, 2.45) is 0 Å². The molecule has 38 heavy (non-hydrogen) atoms. The molecule has 0 aliphatic heterocycles. The maximum atomic E-state index is 12.7. The standard InChI is InChI=1S/C29H29N5O3S/c1-27(2,3)37-26(35)33-29(16-28(4,36)17-29)20-9-7-18(8-10-20)24-21(22-6-5-13-38-22)14-19-15-30-23-11-12-31-34(23)25(19)32-24/h5-15,36H,16-17H2,1-4H3,(H,33,35)/t28-,29-. The van der Waals surface area contributed by atoms with Crippen molar-refractivity contribution in [2.45, 2.75) is 57.3 Å². The Balaban J connectivity index is 1.42. The van der Waals surface area contributed by atoms with E-state index in [2.05, 4.69) is 32.9 Å². The molecule has 1 fully saturated rings. The largest absolute Gasteiger partial charge is 0.444 e. The Morgan fingerprint density at radius 1 is 1.16 bits per heavy atom. The zero-order chi connectivity index (χ0) is 26.7.